The van der Waals surface area contributed by atoms with Crippen molar-refractivity contribution in [2.24, 2.45) is 0 Å². The summed E-state index contributed by atoms with van der Waals surface area (Å²) in [5.74, 6) is 0. The van der Waals surface area contributed by atoms with Crippen LogP contribution in [0.25, 0.3) is 11.3 Å². The van der Waals surface area contributed by atoms with E-state index in [4.69, 9.17) is 0 Å². The van der Waals surface area contributed by atoms with E-state index in [1.165, 1.54) is 43.2 Å². The molecule has 0 atom stereocenters. The molecular weight excluding hydrogens is 414 g/mol. The van der Waals surface area contributed by atoms with Gasteiger partial charge in [0.2, 0.25) is 0 Å². The summed E-state index contributed by atoms with van der Waals surface area (Å²) < 4.78 is 4.41. The van der Waals surface area contributed by atoms with Gasteiger partial charge in [0.1, 0.15) is 0 Å². The number of aromatic nitrogens is 4. The second-order valence-corrected chi connectivity index (χ2v) is 7.91. The fourth-order valence-electron chi connectivity index (χ4n) is 4.09. The van der Waals surface area contributed by atoms with Crippen LogP contribution in [0.4, 0.5) is 0 Å². The van der Waals surface area contributed by atoms with E-state index in [0.29, 0.717) is 6.04 Å². The molecule has 2 heterocycles. The summed E-state index contributed by atoms with van der Waals surface area (Å²) in [5.41, 5.74) is 4.99. The topological polar surface area (TPSA) is 38.9 Å². The van der Waals surface area contributed by atoms with Crippen LogP contribution in [0.3, 0.4) is 0 Å². The number of benzene rings is 1. The van der Waals surface area contributed by atoms with Crippen LogP contribution < -0.4 is 0 Å². The van der Waals surface area contributed by atoms with Crippen molar-refractivity contribution in [2.75, 3.05) is 14.1 Å². The first kappa shape index (κ1) is 20.8. The number of hydrogen-bond donors (Lipinski definition) is 0. The average Bonchev–Trinajstić information content (AvgIpc) is 3.33. The number of rotatable bonds is 6. The van der Waals surface area contributed by atoms with Crippen molar-refractivity contribution in [3.63, 3.8) is 0 Å². The van der Waals surface area contributed by atoms with Gasteiger partial charge in [0.15, 0.2) is 0 Å². The lowest BCUT2D eigenvalue weighted by Gasteiger charge is -2.21. The molecule has 3 aromatic rings. The summed E-state index contributed by atoms with van der Waals surface area (Å²) in [7, 11) is 4.22. The highest BCUT2D eigenvalue weighted by molar-refractivity contribution is 8.93. The van der Waals surface area contributed by atoms with E-state index in [9.17, 15) is 0 Å². The highest BCUT2D eigenvalue weighted by atomic mass is 79.9. The summed E-state index contributed by atoms with van der Waals surface area (Å²) in [6.07, 6.45) is 14.6. The molecule has 1 fully saturated rings. The van der Waals surface area contributed by atoms with E-state index in [1.807, 2.05) is 18.7 Å². The van der Waals surface area contributed by atoms with E-state index >= 15 is 0 Å². The van der Waals surface area contributed by atoms with Gasteiger partial charge in [0, 0.05) is 24.8 Å². The third-order valence-corrected chi connectivity index (χ3v) is 5.50. The van der Waals surface area contributed by atoms with Crippen molar-refractivity contribution in [3.8, 4) is 11.3 Å². The van der Waals surface area contributed by atoms with Gasteiger partial charge in [0.25, 0.3) is 0 Å². The van der Waals surface area contributed by atoms with Crippen LogP contribution >= 0.6 is 17.0 Å². The lowest BCUT2D eigenvalue weighted by Crippen LogP contribution is -2.13. The number of nitrogens with zero attached hydrogens (tertiary/aromatic N) is 5. The largest absolute Gasteiger partial charge is 0.326 e. The SMILES string of the molecule is Br.CN(C)Cc1ccccc1Cn1cncc1-c1cnn(C2CCCCC2)c1. The van der Waals surface area contributed by atoms with Crippen molar-refractivity contribution in [2.45, 2.75) is 51.2 Å². The van der Waals surface area contributed by atoms with Crippen LogP contribution in [0.1, 0.15) is 49.3 Å². The highest BCUT2D eigenvalue weighted by Crippen LogP contribution is 2.29. The summed E-state index contributed by atoms with van der Waals surface area (Å²) >= 11 is 0. The Balaban J connectivity index is 0.00000225. The molecule has 5 nitrogen and oxygen atoms in total. The molecule has 2 aromatic heterocycles. The predicted molar refractivity (Wildman–Crippen MR) is 119 cm³/mol. The van der Waals surface area contributed by atoms with Gasteiger partial charge in [-0.25, -0.2) is 4.98 Å². The zero-order valence-corrected chi connectivity index (χ0v) is 18.5. The number of hydrogen-bond acceptors (Lipinski definition) is 3. The predicted octanol–water partition coefficient (Wildman–Crippen LogP) is 4.94. The minimum Gasteiger partial charge on any atom is -0.326 e. The summed E-state index contributed by atoms with van der Waals surface area (Å²) in [5, 5.41) is 4.67. The highest BCUT2D eigenvalue weighted by Gasteiger charge is 2.17. The number of imidazole rings is 1. The number of halogens is 1. The van der Waals surface area contributed by atoms with Crippen molar-refractivity contribution >= 4 is 17.0 Å². The molecule has 6 heteroatoms. The van der Waals surface area contributed by atoms with Crippen LogP contribution in [-0.4, -0.2) is 38.3 Å². The zero-order valence-electron chi connectivity index (χ0n) is 16.8. The second kappa shape index (κ2) is 9.52. The standard InChI is InChI=1S/C22H29N5.BrH/c1-25(2)14-18-8-6-7-9-19(18)15-26-17-23-13-22(26)20-12-24-27(16-20)21-10-4-3-5-11-21;/h6-9,12-13,16-17,21H,3-5,10-11,14-15H2,1-2H3;1H. The normalized spacial score (nSPS) is 15.0. The van der Waals surface area contributed by atoms with Gasteiger partial charge in [-0.1, -0.05) is 43.5 Å². The molecule has 0 bridgehead atoms. The molecule has 28 heavy (non-hydrogen) atoms. The lowest BCUT2D eigenvalue weighted by atomic mass is 9.96. The maximum Gasteiger partial charge on any atom is 0.0954 e. The van der Waals surface area contributed by atoms with Crippen LogP contribution in [0.5, 0.6) is 0 Å². The first-order valence-electron chi connectivity index (χ1n) is 9.97. The van der Waals surface area contributed by atoms with E-state index < -0.39 is 0 Å². The van der Waals surface area contributed by atoms with Crippen LogP contribution in [-0.2, 0) is 13.1 Å². The Bertz CT molecular complexity index is 876. The molecule has 0 amide bonds. The molecule has 0 unspecified atom stereocenters. The Kier molecular flexibility index (Phi) is 7.08. The lowest BCUT2D eigenvalue weighted by molar-refractivity contribution is 0.329. The Morgan fingerprint density at radius 3 is 2.54 bits per heavy atom. The first-order chi connectivity index (χ1) is 13.2. The molecular formula is C22H30BrN5. The van der Waals surface area contributed by atoms with E-state index in [-0.39, 0.29) is 17.0 Å². The Morgan fingerprint density at radius 1 is 1.04 bits per heavy atom. The second-order valence-electron chi connectivity index (χ2n) is 7.91. The molecule has 4 rings (SSSR count). The summed E-state index contributed by atoms with van der Waals surface area (Å²) in [4.78, 5) is 6.63. The minimum absolute atomic E-state index is 0. The van der Waals surface area contributed by atoms with Crippen molar-refractivity contribution in [1.82, 2.24) is 24.2 Å². The third kappa shape index (κ3) is 4.73. The Hall–Kier alpha value is -1.92. The van der Waals surface area contributed by atoms with Crippen LogP contribution in [0.2, 0.25) is 0 Å². The van der Waals surface area contributed by atoms with Gasteiger partial charge in [-0.05, 0) is 38.1 Å². The molecule has 0 aliphatic heterocycles. The first-order valence-corrected chi connectivity index (χ1v) is 9.97. The maximum atomic E-state index is 4.67. The van der Waals surface area contributed by atoms with Crippen LogP contribution in [0, 0.1) is 0 Å². The molecule has 1 aromatic carbocycles. The third-order valence-electron chi connectivity index (χ3n) is 5.50. The molecule has 1 aliphatic carbocycles. The smallest absolute Gasteiger partial charge is 0.0954 e. The Morgan fingerprint density at radius 2 is 1.79 bits per heavy atom. The van der Waals surface area contributed by atoms with Crippen molar-refractivity contribution in [3.05, 3.63) is 60.3 Å². The van der Waals surface area contributed by atoms with Gasteiger partial charge in [-0.3, -0.25) is 4.68 Å². The zero-order chi connectivity index (χ0) is 18.6. The monoisotopic (exact) mass is 443 g/mol. The van der Waals surface area contributed by atoms with Crippen molar-refractivity contribution in [1.29, 1.82) is 0 Å². The molecule has 0 saturated heterocycles. The molecule has 150 valence electrons. The van der Waals surface area contributed by atoms with E-state index in [1.54, 1.807) is 0 Å². The molecule has 0 N–H and O–H groups in total. The van der Waals surface area contributed by atoms with Gasteiger partial charge in [0.05, 0.1) is 30.5 Å². The average molecular weight is 444 g/mol. The van der Waals surface area contributed by atoms with Gasteiger partial charge in [-0.15, -0.1) is 17.0 Å². The van der Waals surface area contributed by atoms with Gasteiger partial charge < -0.3 is 9.47 Å². The van der Waals surface area contributed by atoms with Crippen molar-refractivity contribution < 1.29 is 0 Å². The molecule has 1 saturated carbocycles. The fourth-order valence-corrected chi connectivity index (χ4v) is 4.09. The van der Waals surface area contributed by atoms with E-state index in [2.05, 4.69) is 68.8 Å². The minimum atomic E-state index is 0. The molecule has 1 aliphatic rings. The summed E-state index contributed by atoms with van der Waals surface area (Å²) in [6.45, 7) is 1.77. The van der Waals surface area contributed by atoms with E-state index in [0.717, 1.165) is 24.3 Å². The van der Waals surface area contributed by atoms with Crippen LogP contribution in [0.15, 0.2) is 49.2 Å². The summed E-state index contributed by atoms with van der Waals surface area (Å²) in [6, 6.07) is 9.23. The van der Waals surface area contributed by atoms with Gasteiger partial charge >= 0.3 is 0 Å². The maximum absolute atomic E-state index is 4.67. The van der Waals surface area contributed by atoms with Gasteiger partial charge in [-0.2, -0.15) is 5.10 Å². The molecule has 0 radical (unpaired) electrons. The Labute approximate surface area is 178 Å². The molecule has 0 spiro atoms. The fraction of sp³-hybridized carbons (Fsp3) is 0.455. The quantitative estimate of drug-likeness (QED) is 0.541.